The SMILES string of the molecule is NC(=O)[C@H](c1ccccc1Cl)C1CNc2sccc2C1. The summed E-state index contributed by atoms with van der Waals surface area (Å²) in [7, 11) is 0. The molecular formula is C15H15ClN2OS. The fourth-order valence-corrected chi connectivity index (χ4v) is 3.92. The molecule has 3 nitrogen and oxygen atoms in total. The molecule has 2 atom stereocenters. The second kappa shape index (κ2) is 5.46. The van der Waals surface area contributed by atoms with E-state index in [1.807, 2.05) is 18.2 Å². The minimum atomic E-state index is -0.357. The lowest BCUT2D eigenvalue weighted by Gasteiger charge is -2.30. The van der Waals surface area contributed by atoms with E-state index in [-0.39, 0.29) is 17.7 Å². The van der Waals surface area contributed by atoms with E-state index in [0.29, 0.717) is 5.02 Å². The number of fused-ring (bicyclic) bond motifs is 1. The third-order valence-electron chi connectivity index (χ3n) is 3.77. The molecule has 20 heavy (non-hydrogen) atoms. The maximum absolute atomic E-state index is 11.9. The fraction of sp³-hybridized carbons (Fsp3) is 0.267. The van der Waals surface area contributed by atoms with Gasteiger partial charge in [0, 0.05) is 11.6 Å². The highest BCUT2D eigenvalue weighted by molar-refractivity contribution is 7.14. The van der Waals surface area contributed by atoms with Crippen LogP contribution in [0.4, 0.5) is 5.00 Å². The average molecular weight is 307 g/mol. The Kier molecular flexibility index (Phi) is 3.68. The first-order valence-corrected chi connectivity index (χ1v) is 7.76. The summed E-state index contributed by atoms with van der Waals surface area (Å²) in [6, 6.07) is 9.55. The first-order valence-electron chi connectivity index (χ1n) is 6.51. The van der Waals surface area contributed by atoms with E-state index < -0.39 is 0 Å². The van der Waals surface area contributed by atoms with Crippen LogP contribution in [0.2, 0.25) is 5.02 Å². The van der Waals surface area contributed by atoms with Gasteiger partial charge in [0.05, 0.1) is 10.9 Å². The molecular weight excluding hydrogens is 292 g/mol. The van der Waals surface area contributed by atoms with Gasteiger partial charge in [0.25, 0.3) is 0 Å². The van der Waals surface area contributed by atoms with E-state index in [4.69, 9.17) is 17.3 Å². The van der Waals surface area contributed by atoms with Crippen LogP contribution in [0.25, 0.3) is 0 Å². The van der Waals surface area contributed by atoms with Crippen molar-refractivity contribution < 1.29 is 4.79 Å². The van der Waals surface area contributed by atoms with Crippen LogP contribution in [0, 0.1) is 5.92 Å². The largest absolute Gasteiger partial charge is 0.376 e. The molecule has 1 amide bonds. The summed E-state index contributed by atoms with van der Waals surface area (Å²) in [6.07, 6.45) is 0.852. The number of carbonyl (C=O) groups is 1. The van der Waals surface area contributed by atoms with Crippen LogP contribution in [0.15, 0.2) is 35.7 Å². The Bertz CT molecular complexity index is 640. The van der Waals surface area contributed by atoms with Gasteiger partial charge in [-0.3, -0.25) is 4.79 Å². The Labute approximate surface area is 126 Å². The maximum Gasteiger partial charge on any atom is 0.225 e. The molecule has 3 N–H and O–H groups in total. The van der Waals surface area contributed by atoms with E-state index >= 15 is 0 Å². The maximum atomic E-state index is 11.9. The summed E-state index contributed by atoms with van der Waals surface area (Å²) >= 11 is 7.93. The van der Waals surface area contributed by atoms with Gasteiger partial charge < -0.3 is 11.1 Å². The van der Waals surface area contributed by atoms with Crippen LogP contribution in [-0.2, 0) is 11.2 Å². The summed E-state index contributed by atoms with van der Waals surface area (Å²) in [6.45, 7) is 0.742. The van der Waals surface area contributed by atoms with Gasteiger partial charge in [-0.2, -0.15) is 0 Å². The van der Waals surface area contributed by atoms with Crippen molar-refractivity contribution in [3.63, 3.8) is 0 Å². The molecule has 104 valence electrons. The van der Waals surface area contributed by atoms with Crippen LogP contribution in [0.5, 0.6) is 0 Å². The first kappa shape index (κ1) is 13.5. The summed E-state index contributed by atoms with van der Waals surface area (Å²) < 4.78 is 0. The van der Waals surface area contributed by atoms with Crippen molar-refractivity contribution in [3.8, 4) is 0 Å². The van der Waals surface area contributed by atoms with Gasteiger partial charge in [-0.1, -0.05) is 29.8 Å². The molecule has 1 aliphatic heterocycles. The number of hydrogen-bond donors (Lipinski definition) is 2. The number of carbonyl (C=O) groups excluding carboxylic acids is 1. The molecule has 1 unspecified atom stereocenters. The normalized spacial score (nSPS) is 18.9. The molecule has 2 aromatic rings. The van der Waals surface area contributed by atoms with Gasteiger partial charge in [0.1, 0.15) is 0 Å². The van der Waals surface area contributed by atoms with Gasteiger partial charge in [-0.05, 0) is 41.0 Å². The molecule has 0 radical (unpaired) electrons. The number of amides is 1. The molecule has 1 aromatic carbocycles. The van der Waals surface area contributed by atoms with E-state index in [0.717, 1.165) is 18.5 Å². The highest BCUT2D eigenvalue weighted by Crippen LogP contribution is 2.38. The molecule has 0 fully saturated rings. The molecule has 0 spiro atoms. The molecule has 1 aliphatic rings. The van der Waals surface area contributed by atoms with Crippen LogP contribution in [0.3, 0.4) is 0 Å². The Hall–Kier alpha value is -1.52. The number of benzene rings is 1. The molecule has 0 bridgehead atoms. The predicted octanol–water partition coefficient (Wildman–Crippen LogP) is 3.25. The van der Waals surface area contributed by atoms with Crippen molar-refractivity contribution in [2.75, 3.05) is 11.9 Å². The minimum Gasteiger partial charge on any atom is -0.376 e. The van der Waals surface area contributed by atoms with Crippen molar-refractivity contribution in [2.45, 2.75) is 12.3 Å². The van der Waals surface area contributed by atoms with Crippen LogP contribution in [-0.4, -0.2) is 12.5 Å². The number of anilines is 1. The highest BCUT2D eigenvalue weighted by atomic mass is 35.5. The smallest absolute Gasteiger partial charge is 0.225 e. The van der Waals surface area contributed by atoms with Gasteiger partial charge in [0.15, 0.2) is 0 Å². The highest BCUT2D eigenvalue weighted by Gasteiger charge is 2.32. The monoisotopic (exact) mass is 306 g/mol. The number of rotatable bonds is 3. The van der Waals surface area contributed by atoms with Crippen molar-refractivity contribution in [3.05, 3.63) is 51.9 Å². The first-order chi connectivity index (χ1) is 9.66. The molecule has 0 saturated heterocycles. The third kappa shape index (κ3) is 2.41. The van der Waals surface area contributed by atoms with Crippen molar-refractivity contribution in [1.82, 2.24) is 0 Å². The zero-order valence-corrected chi connectivity index (χ0v) is 12.4. The lowest BCUT2D eigenvalue weighted by atomic mass is 9.80. The van der Waals surface area contributed by atoms with Crippen molar-refractivity contribution in [1.29, 1.82) is 0 Å². The molecule has 3 rings (SSSR count). The van der Waals surface area contributed by atoms with Crippen LogP contribution < -0.4 is 11.1 Å². The molecule has 0 aliphatic carbocycles. The fourth-order valence-electron chi connectivity index (χ4n) is 2.83. The van der Waals surface area contributed by atoms with Gasteiger partial charge >= 0.3 is 0 Å². The van der Waals surface area contributed by atoms with E-state index in [9.17, 15) is 4.79 Å². The number of nitrogens with one attached hydrogen (secondary N) is 1. The summed E-state index contributed by atoms with van der Waals surface area (Å²) in [4.78, 5) is 11.9. The number of nitrogens with two attached hydrogens (primary N) is 1. The second-order valence-corrected chi connectivity index (χ2v) is 6.34. The zero-order valence-electron chi connectivity index (χ0n) is 10.8. The summed E-state index contributed by atoms with van der Waals surface area (Å²) in [5.74, 6) is -0.540. The summed E-state index contributed by atoms with van der Waals surface area (Å²) in [5.41, 5.74) is 7.72. The molecule has 2 heterocycles. The minimum absolute atomic E-state index is 0.134. The Morgan fingerprint density at radius 3 is 2.95 bits per heavy atom. The van der Waals surface area contributed by atoms with Crippen molar-refractivity contribution >= 4 is 33.8 Å². The lowest BCUT2D eigenvalue weighted by molar-refractivity contribution is -0.120. The number of halogens is 1. The quantitative estimate of drug-likeness (QED) is 0.914. The topological polar surface area (TPSA) is 55.1 Å². The van der Waals surface area contributed by atoms with Crippen molar-refractivity contribution in [2.24, 2.45) is 11.7 Å². The molecule has 0 saturated carbocycles. The Morgan fingerprint density at radius 2 is 2.20 bits per heavy atom. The second-order valence-electron chi connectivity index (χ2n) is 5.02. The lowest BCUT2D eigenvalue weighted by Crippen LogP contribution is -2.35. The van der Waals surface area contributed by atoms with Gasteiger partial charge in [-0.15, -0.1) is 11.3 Å². The van der Waals surface area contributed by atoms with Gasteiger partial charge in [0.2, 0.25) is 5.91 Å². The number of primary amides is 1. The molecule has 5 heteroatoms. The molecule has 1 aromatic heterocycles. The third-order valence-corrected chi connectivity index (χ3v) is 5.03. The van der Waals surface area contributed by atoms with E-state index in [1.165, 1.54) is 10.6 Å². The Balaban J connectivity index is 1.93. The number of hydrogen-bond acceptors (Lipinski definition) is 3. The number of thiophene rings is 1. The van der Waals surface area contributed by atoms with Crippen LogP contribution in [0.1, 0.15) is 17.0 Å². The van der Waals surface area contributed by atoms with Gasteiger partial charge in [-0.25, -0.2) is 0 Å². The van der Waals surface area contributed by atoms with Crippen LogP contribution >= 0.6 is 22.9 Å². The standard InChI is InChI=1S/C15H15ClN2OS/c16-12-4-2-1-3-11(12)13(14(17)19)10-7-9-5-6-20-15(9)18-8-10/h1-6,10,13,18H,7-8H2,(H2,17,19)/t10?,13-/m0/s1. The Morgan fingerprint density at radius 1 is 1.40 bits per heavy atom. The average Bonchev–Trinajstić information content (AvgIpc) is 2.88. The van der Waals surface area contributed by atoms with E-state index in [2.05, 4.69) is 16.8 Å². The zero-order chi connectivity index (χ0) is 14.1. The predicted molar refractivity (Wildman–Crippen MR) is 83.4 cm³/mol. The van der Waals surface area contributed by atoms with E-state index in [1.54, 1.807) is 17.4 Å². The summed E-state index contributed by atoms with van der Waals surface area (Å²) in [5, 5.41) is 7.25.